The number of amides is 1. The molecule has 0 aromatic rings. The first-order valence-corrected chi connectivity index (χ1v) is 6.59. The zero-order chi connectivity index (χ0) is 12.7. The smallest absolute Gasteiger partial charge is 0.220 e. The first-order chi connectivity index (χ1) is 8.13. The molecule has 1 fully saturated rings. The fourth-order valence-electron chi connectivity index (χ4n) is 2.15. The maximum Gasteiger partial charge on any atom is 0.220 e. The molecule has 0 bridgehead atoms. The van der Waals surface area contributed by atoms with Crippen molar-refractivity contribution in [3.8, 4) is 12.3 Å². The molecular weight excluding hydrogens is 212 g/mol. The summed E-state index contributed by atoms with van der Waals surface area (Å²) in [5.74, 6) is 3.72. The zero-order valence-corrected chi connectivity index (χ0v) is 11.0. The van der Waals surface area contributed by atoms with Crippen LogP contribution in [0.25, 0.3) is 0 Å². The molecule has 1 aliphatic rings. The SMILES string of the molecule is C#CC(NC(=O)CCC1CCNCC1)C(C)C. The van der Waals surface area contributed by atoms with Crippen LogP contribution in [-0.2, 0) is 4.79 Å². The lowest BCUT2D eigenvalue weighted by molar-refractivity contribution is -0.122. The highest BCUT2D eigenvalue weighted by molar-refractivity contribution is 5.76. The van der Waals surface area contributed by atoms with E-state index in [1.54, 1.807) is 0 Å². The number of terminal acetylenes is 1. The number of carbonyl (C=O) groups excluding carboxylic acids is 1. The summed E-state index contributed by atoms with van der Waals surface area (Å²) in [6.07, 6.45) is 9.36. The number of hydrogen-bond donors (Lipinski definition) is 2. The van der Waals surface area contributed by atoms with Crippen molar-refractivity contribution in [3.05, 3.63) is 0 Å². The van der Waals surface area contributed by atoms with E-state index in [0.29, 0.717) is 18.3 Å². The second-order valence-corrected chi connectivity index (χ2v) is 5.19. The van der Waals surface area contributed by atoms with Crippen molar-refractivity contribution in [1.82, 2.24) is 10.6 Å². The number of rotatable bonds is 5. The van der Waals surface area contributed by atoms with Gasteiger partial charge < -0.3 is 10.6 Å². The molecule has 1 heterocycles. The van der Waals surface area contributed by atoms with Crippen molar-refractivity contribution in [1.29, 1.82) is 0 Å². The summed E-state index contributed by atoms with van der Waals surface area (Å²) in [6, 6.07) is -0.129. The van der Waals surface area contributed by atoms with Gasteiger partial charge in [0.05, 0.1) is 6.04 Å². The van der Waals surface area contributed by atoms with Gasteiger partial charge in [0.2, 0.25) is 5.91 Å². The molecular formula is C14H24N2O. The predicted molar refractivity (Wildman–Crippen MR) is 70.4 cm³/mol. The molecule has 1 atom stereocenters. The van der Waals surface area contributed by atoms with Crippen LogP contribution in [0, 0.1) is 24.2 Å². The molecule has 1 unspecified atom stereocenters. The van der Waals surface area contributed by atoms with Crippen molar-refractivity contribution < 1.29 is 4.79 Å². The summed E-state index contributed by atoms with van der Waals surface area (Å²) in [5, 5.41) is 6.25. The van der Waals surface area contributed by atoms with Crippen LogP contribution >= 0.6 is 0 Å². The van der Waals surface area contributed by atoms with Gasteiger partial charge in [-0.3, -0.25) is 4.79 Å². The summed E-state index contributed by atoms with van der Waals surface area (Å²) >= 11 is 0. The summed E-state index contributed by atoms with van der Waals surface area (Å²) in [5.41, 5.74) is 0. The lowest BCUT2D eigenvalue weighted by Gasteiger charge is -2.23. The quantitative estimate of drug-likeness (QED) is 0.711. The van der Waals surface area contributed by atoms with Crippen LogP contribution in [0.2, 0.25) is 0 Å². The number of carbonyl (C=O) groups is 1. The third kappa shape index (κ3) is 5.23. The first-order valence-electron chi connectivity index (χ1n) is 6.59. The van der Waals surface area contributed by atoms with E-state index < -0.39 is 0 Å². The highest BCUT2D eigenvalue weighted by Crippen LogP contribution is 2.17. The van der Waals surface area contributed by atoms with Gasteiger partial charge in [-0.2, -0.15) is 0 Å². The Labute approximate surface area is 105 Å². The van der Waals surface area contributed by atoms with Crippen molar-refractivity contribution in [2.24, 2.45) is 11.8 Å². The average molecular weight is 236 g/mol. The molecule has 0 radical (unpaired) electrons. The zero-order valence-electron chi connectivity index (χ0n) is 11.0. The number of nitrogens with one attached hydrogen (secondary N) is 2. The molecule has 3 nitrogen and oxygen atoms in total. The van der Waals surface area contributed by atoms with Crippen molar-refractivity contribution in [2.75, 3.05) is 13.1 Å². The molecule has 0 saturated carbocycles. The molecule has 17 heavy (non-hydrogen) atoms. The van der Waals surface area contributed by atoms with Gasteiger partial charge in [0.1, 0.15) is 0 Å². The molecule has 1 rings (SSSR count). The minimum absolute atomic E-state index is 0.0974. The van der Waals surface area contributed by atoms with E-state index in [2.05, 4.69) is 16.6 Å². The highest BCUT2D eigenvalue weighted by Gasteiger charge is 2.16. The van der Waals surface area contributed by atoms with Crippen molar-refractivity contribution in [3.63, 3.8) is 0 Å². The molecule has 0 aromatic carbocycles. The minimum atomic E-state index is -0.129. The Kier molecular flexibility index (Phi) is 6.07. The van der Waals surface area contributed by atoms with E-state index in [4.69, 9.17) is 6.42 Å². The standard InChI is InChI=1S/C14H24N2O/c1-4-13(11(2)3)16-14(17)6-5-12-7-9-15-10-8-12/h1,11-13,15H,5-10H2,2-3H3,(H,16,17). The van der Waals surface area contributed by atoms with Gasteiger partial charge in [0, 0.05) is 6.42 Å². The van der Waals surface area contributed by atoms with Gasteiger partial charge in [-0.25, -0.2) is 0 Å². The Morgan fingerprint density at radius 1 is 1.47 bits per heavy atom. The van der Waals surface area contributed by atoms with Gasteiger partial charge in [0.25, 0.3) is 0 Å². The fraction of sp³-hybridized carbons (Fsp3) is 0.786. The third-order valence-corrected chi connectivity index (χ3v) is 3.40. The predicted octanol–water partition coefficient (Wildman–Crippen LogP) is 1.54. The van der Waals surface area contributed by atoms with Gasteiger partial charge in [-0.1, -0.05) is 19.8 Å². The van der Waals surface area contributed by atoms with E-state index in [-0.39, 0.29) is 11.9 Å². The fourth-order valence-corrected chi connectivity index (χ4v) is 2.15. The van der Waals surface area contributed by atoms with Crippen LogP contribution < -0.4 is 10.6 Å². The Balaban J connectivity index is 2.22. The van der Waals surface area contributed by atoms with E-state index in [9.17, 15) is 4.79 Å². The Morgan fingerprint density at radius 3 is 2.65 bits per heavy atom. The second-order valence-electron chi connectivity index (χ2n) is 5.19. The third-order valence-electron chi connectivity index (χ3n) is 3.40. The minimum Gasteiger partial charge on any atom is -0.342 e. The van der Waals surface area contributed by atoms with E-state index in [1.165, 1.54) is 12.8 Å². The number of hydrogen-bond acceptors (Lipinski definition) is 2. The molecule has 0 spiro atoms. The molecule has 0 aromatic heterocycles. The molecule has 1 amide bonds. The molecule has 1 saturated heterocycles. The lowest BCUT2D eigenvalue weighted by Crippen LogP contribution is -2.37. The van der Waals surface area contributed by atoms with Crippen LogP contribution in [0.3, 0.4) is 0 Å². The molecule has 0 aliphatic carbocycles. The maximum absolute atomic E-state index is 11.7. The highest BCUT2D eigenvalue weighted by atomic mass is 16.1. The average Bonchev–Trinajstić information content (AvgIpc) is 2.34. The Bertz CT molecular complexity index is 274. The molecule has 3 heteroatoms. The Morgan fingerprint density at radius 2 is 2.12 bits per heavy atom. The van der Waals surface area contributed by atoms with Gasteiger partial charge in [-0.15, -0.1) is 6.42 Å². The topological polar surface area (TPSA) is 41.1 Å². The van der Waals surface area contributed by atoms with Crippen molar-refractivity contribution >= 4 is 5.91 Å². The van der Waals surface area contributed by atoms with Gasteiger partial charge >= 0.3 is 0 Å². The normalized spacial score (nSPS) is 18.7. The van der Waals surface area contributed by atoms with Crippen molar-refractivity contribution in [2.45, 2.75) is 45.6 Å². The molecule has 96 valence electrons. The summed E-state index contributed by atoms with van der Waals surface area (Å²) < 4.78 is 0. The summed E-state index contributed by atoms with van der Waals surface area (Å²) in [6.45, 7) is 6.23. The maximum atomic E-state index is 11.7. The van der Waals surface area contributed by atoms with E-state index in [0.717, 1.165) is 19.5 Å². The Hall–Kier alpha value is -1.01. The van der Waals surface area contributed by atoms with Gasteiger partial charge in [-0.05, 0) is 44.2 Å². The van der Waals surface area contributed by atoms with Crippen LogP contribution in [0.5, 0.6) is 0 Å². The van der Waals surface area contributed by atoms with E-state index in [1.807, 2.05) is 13.8 Å². The molecule has 1 aliphatic heterocycles. The number of piperidine rings is 1. The van der Waals surface area contributed by atoms with Crippen LogP contribution in [0.15, 0.2) is 0 Å². The van der Waals surface area contributed by atoms with Crippen LogP contribution in [0.1, 0.15) is 39.5 Å². The molecule has 2 N–H and O–H groups in total. The lowest BCUT2D eigenvalue weighted by atomic mass is 9.93. The first kappa shape index (κ1) is 14.1. The van der Waals surface area contributed by atoms with Crippen LogP contribution in [0.4, 0.5) is 0 Å². The largest absolute Gasteiger partial charge is 0.342 e. The summed E-state index contributed by atoms with van der Waals surface area (Å²) in [4.78, 5) is 11.7. The summed E-state index contributed by atoms with van der Waals surface area (Å²) in [7, 11) is 0. The second kappa shape index (κ2) is 7.34. The van der Waals surface area contributed by atoms with E-state index >= 15 is 0 Å². The monoisotopic (exact) mass is 236 g/mol. The van der Waals surface area contributed by atoms with Crippen LogP contribution in [-0.4, -0.2) is 25.0 Å². The van der Waals surface area contributed by atoms with Gasteiger partial charge in [0.15, 0.2) is 0 Å².